The fraction of sp³-hybridized carbons (Fsp3) is 0.273. The van der Waals surface area contributed by atoms with E-state index in [9.17, 15) is 0 Å². The van der Waals surface area contributed by atoms with E-state index in [4.69, 9.17) is 0 Å². The lowest BCUT2D eigenvalue weighted by atomic mass is 10.0. The van der Waals surface area contributed by atoms with Crippen LogP contribution in [0.15, 0.2) is 118 Å². The summed E-state index contributed by atoms with van der Waals surface area (Å²) in [6.45, 7) is 12.6. The molecule has 0 bridgehead atoms. The molecule has 0 radical (unpaired) electrons. The topological polar surface area (TPSA) is 55.9 Å². The minimum atomic E-state index is 0.840. The molecule has 0 amide bonds. The first kappa shape index (κ1) is 27.7. The third kappa shape index (κ3) is 7.84. The Labute approximate surface area is 232 Å². The Morgan fingerprint density at radius 3 is 0.897 bits per heavy atom. The molecule has 0 aliphatic rings. The zero-order valence-corrected chi connectivity index (χ0v) is 23.5. The molecular formula is C33H38N6. The van der Waals surface area contributed by atoms with E-state index in [0.717, 1.165) is 55.3 Å². The second-order valence-electron chi connectivity index (χ2n) is 9.29. The third-order valence-corrected chi connectivity index (χ3v) is 6.80. The molecule has 0 atom stereocenters. The summed E-state index contributed by atoms with van der Waals surface area (Å²) in [5.41, 5.74) is 8.24. The molecule has 200 valence electrons. The van der Waals surface area contributed by atoms with Crippen LogP contribution >= 0.6 is 0 Å². The maximum atomic E-state index is 4.40. The van der Waals surface area contributed by atoms with Gasteiger partial charge >= 0.3 is 0 Å². The molecule has 0 heterocycles. The molecule has 39 heavy (non-hydrogen) atoms. The van der Waals surface area contributed by atoms with Crippen LogP contribution < -0.4 is 9.80 Å². The standard InChI is InChI=1S/C33H38N6/c1-5-38(6-2)32-21-17-30(18-22-32)36-34-28-13-9-26(10-14-28)25-27-11-15-29(16-12-27)35-37-31-19-23-33(24-20-31)39(7-3)8-4/h9-24H,5-8,25H2,1-4H3. The highest BCUT2D eigenvalue weighted by molar-refractivity contribution is 5.54. The van der Waals surface area contributed by atoms with Crippen molar-refractivity contribution < 1.29 is 0 Å². The Kier molecular flexibility index (Phi) is 9.95. The van der Waals surface area contributed by atoms with Crippen molar-refractivity contribution in [1.29, 1.82) is 0 Å². The molecule has 6 heteroatoms. The van der Waals surface area contributed by atoms with E-state index in [1.165, 1.54) is 22.5 Å². The van der Waals surface area contributed by atoms with E-state index in [1.54, 1.807) is 0 Å². The van der Waals surface area contributed by atoms with Crippen molar-refractivity contribution in [3.05, 3.63) is 108 Å². The minimum Gasteiger partial charge on any atom is -0.372 e. The van der Waals surface area contributed by atoms with Gasteiger partial charge in [-0.1, -0.05) is 24.3 Å². The Morgan fingerprint density at radius 1 is 0.385 bits per heavy atom. The Balaban J connectivity index is 1.31. The average Bonchev–Trinajstić information content (AvgIpc) is 2.99. The van der Waals surface area contributed by atoms with Crippen molar-refractivity contribution in [3.8, 4) is 0 Å². The van der Waals surface area contributed by atoms with Crippen LogP contribution in [0.4, 0.5) is 34.1 Å². The molecule has 0 saturated heterocycles. The highest BCUT2D eigenvalue weighted by Crippen LogP contribution is 2.25. The molecule has 4 aromatic rings. The number of benzene rings is 4. The highest BCUT2D eigenvalue weighted by atomic mass is 15.1. The summed E-state index contributed by atoms with van der Waals surface area (Å²) in [4.78, 5) is 4.62. The van der Waals surface area contributed by atoms with Crippen LogP contribution in [0.1, 0.15) is 38.8 Å². The predicted molar refractivity (Wildman–Crippen MR) is 164 cm³/mol. The number of nitrogens with zero attached hydrogens (tertiary/aromatic N) is 6. The molecule has 0 saturated carbocycles. The highest BCUT2D eigenvalue weighted by Gasteiger charge is 2.03. The van der Waals surface area contributed by atoms with Gasteiger partial charge in [0.05, 0.1) is 22.7 Å². The van der Waals surface area contributed by atoms with Crippen LogP contribution in [0.25, 0.3) is 0 Å². The molecule has 0 aliphatic heterocycles. The Morgan fingerprint density at radius 2 is 0.641 bits per heavy atom. The van der Waals surface area contributed by atoms with Crippen LogP contribution in [0, 0.1) is 0 Å². The normalized spacial score (nSPS) is 11.4. The van der Waals surface area contributed by atoms with E-state index in [2.05, 4.69) is 106 Å². The van der Waals surface area contributed by atoms with Gasteiger partial charge in [0.2, 0.25) is 0 Å². The van der Waals surface area contributed by atoms with Gasteiger partial charge in [-0.05, 0) is 118 Å². The first-order valence-electron chi connectivity index (χ1n) is 13.8. The third-order valence-electron chi connectivity index (χ3n) is 6.80. The van der Waals surface area contributed by atoms with Gasteiger partial charge in [0.1, 0.15) is 0 Å². The lowest BCUT2D eigenvalue weighted by Gasteiger charge is -2.20. The zero-order valence-electron chi connectivity index (χ0n) is 23.5. The number of hydrogen-bond acceptors (Lipinski definition) is 6. The fourth-order valence-electron chi connectivity index (χ4n) is 4.47. The van der Waals surface area contributed by atoms with Gasteiger partial charge in [0, 0.05) is 37.6 Å². The van der Waals surface area contributed by atoms with Crippen molar-refractivity contribution in [1.82, 2.24) is 0 Å². The van der Waals surface area contributed by atoms with E-state index in [1.807, 2.05) is 48.5 Å². The van der Waals surface area contributed by atoms with E-state index < -0.39 is 0 Å². The van der Waals surface area contributed by atoms with Crippen molar-refractivity contribution in [2.45, 2.75) is 34.1 Å². The fourth-order valence-corrected chi connectivity index (χ4v) is 4.47. The monoisotopic (exact) mass is 518 g/mol. The number of hydrogen-bond donors (Lipinski definition) is 0. The van der Waals surface area contributed by atoms with Crippen molar-refractivity contribution >= 4 is 34.1 Å². The molecule has 0 N–H and O–H groups in total. The van der Waals surface area contributed by atoms with Gasteiger partial charge in [0.15, 0.2) is 0 Å². The molecule has 4 aromatic carbocycles. The summed E-state index contributed by atoms with van der Waals surface area (Å²) in [6.07, 6.45) is 0.842. The molecule has 6 nitrogen and oxygen atoms in total. The largest absolute Gasteiger partial charge is 0.372 e. The predicted octanol–water partition coefficient (Wildman–Crippen LogP) is 9.80. The van der Waals surface area contributed by atoms with E-state index in [-0.39, 0.29) is 0 Å². The molecule has 4 rings (SSSR count). The second kappa shape index (κ2) is 14.0. The summed E-state index contributed by atoms with van der Waals surface area (Å²) < 4.78 is 0. The van der Waals surface area contributed by atoms with Gasteiger partial charge in [-0.3, -0.25) is 0 Å². The first-order valence-corrected chi connectivity index (χ1v) is 13.8. The van der Waals surface area contributed by atoms with E-state index >= 15 is 0 Å². The summed E-state index contributed by atoms with van der Waals surface area (Å²) in [5.74, 6) is 0. The molecule has 0 fully saturated rings. The summed E-state index contributed by atoms with van der Waals surface area (Å²) >= 11 is 0. The SMILES string of the molecule is CCN(CC)c1ccc(N=Nc2ccc(Cc3ccc(N=Nc4ccc(N(CC)CC)cc4)cc3)cc2)cc1. The van der Waals surface area contributed by atoms with Crippen LogP contribution in [0.5, 0.6) is 0 Å². The Hall–Kier alpha value is -4.32. The number of rotatable bonds is 12. The quantitative estimate of drug-likeness (QED) is 0.175. The van der Waals surface area contributed by atoms with Crippen LogP contribution in [-0.2, 0) is 6.42 Å². The maximum absolute atomic E-state index is 4.40. The minimum absolute atomic E-state index is 0.840. The van der Waals surface area contributed by atoms with E-state index in [0.29, 0.717) is 0 Å². The van der Waals surface area contributed by atoms with Crippen molar-refractivity contribution in [3.63, 3.8) is 0 Å². The van der Waals surface area contributed by atoms with Gasteiger partial charge in [-0.2, -0.15) is 20.5 Å². The maximum Gasteiger partial charge on any atom is 0.0858 e. The molecule has 0 unspecified atom stereocenters. The lowest BCUT2D eigenvalue weighted by Crippen LogP contribution is -2.21. The first-order chi connectivity index (χ1) is 19.1. The van der Waals surface area contributed by atoms with Crippen molar-refractivity contribution in [2.24, 2.45) is 20.5 Å². The summed E-state index contributed by atoms with van der Waals surface area (Å²) in [7, 11) is 0. The molecular weight excluding hydrogens is 480 g/mol. The number of azo groups is 2. The number of anilines is 2. The van der Waals surface area contributed by atoms with Gasteiger partial charge in [0.25, 0.3) is 0 Å². The molecule has 0 aromatic heterocycles. The van der Waals surface area contributed by atoms with Gasteiger partial charge in [-0.25, -0.2) is 0 Å². The lowest BCUT2D eigenvalue weighted by molar-refractivity contribution is 0.866. The van der Waals surface area contributed by atoms with Crippen LogP contribution in [0.2, 0.25) is 0 Å². The van der Waals surface area contributed by atoms with Gasteiger partial charge in [-0.15, -0.1) is 0 Å². The van der Waals surface area contributed by atoms with Gasteiger partial charge < -0.3 is 9.80 Å². The van der Waals surface area contributed by atoms with Crippen LogP contribution in [-0.4, -0.2) is 26.2 Å². The Bertz CT molecular complexity index is 1230. The summed E-state index contributed by atoms with van der Waals surface area (Å²) in [5, 5.41) is 17.6. The molecule has 0 aliphatic carbocycles. The van der Waals surface area contributed by atoms with Crippen molar-refractivity contribution in [2.75, 3.05) is 36.0 Å². The molecule has 0 spiro atoms. The smallest absolute Gasteiger partial charge is 0.0858 e. The van der Waals surface area contributed by atoms with Crippen LogP contribution in [0.3, 0.4) is 0 Å². The average molecular weight is 519 g/mol. The second-order valence-corrected chi connectivity index (χ2v) is 9.29. The summed E-state index contributed by atoms with van der Waals surface area (Å²) in [6, 6.07) is 32.9. The zero-order chi connectivity index (χ0) is 27.5.